The largest absolute Gasteiger partial charge is 0.465 e. The van der Waals surface area contributed by atoms with Crippen molar-refractivity contribution in [3.63, 3.8) is 0 Å². The first kappa shape index (κ1) is 15.2. The van der Waals surface area contributed by atoms with Crippen molar-refractivity contribution in [1.82, 2.24) is 10.1 Å². The van der Waals surface area contributed by atoms with Gasteiger partial charge in [0.2, 0.25) is 5.89 Å². The van der Waals surface area contributed by atoms with E-state index in [0.29, 0.717) is 17.8 Å². The number of rotatable bonds is 6. The van der Waals surface area contributed by atoms with Crippen LogP contribution in [0.15, 0.2) is 28.8 Å². The maximum Gasteiger partial charge on any atom is 0.323 e. The highest BCUT2D eigenvalue weighted by Gasteiger charge is 2.30. The molecule has 0 radical (unpaired) electrons. The maximum atomic E-state index is 13.4. The second-order valence-electron chi connectivity index (χ2n) is 4.54. The Morgan fingerprint density at radius 3 is 2.90 bits per heavy atom. The highest BCUT2D eigenvalue weighted by Crippen LogP contribution is 2.25. The fraction of sp³-hybridized carbons (Fsp3) is 0.400. The number of nitrogens with zero attached hydrogens (tertiary/aromatic N) is 2. The van der Waals surface area contributed by atoms with Crippen LogP contribution in [0.5, 0.6) is 0 Å². The molecule has 0 N–H and O–H groups in total. The Balaban J connectivity index is 2.37. The zero-order valence-electron chi connectivity index (χ0n) is 12.0. The van der Waals surface area contributed by atoms with Gasteiger partial charge in [0.25, 0.3) is 0 Å². The van der Waals surface area contributed by atoms with Gasteiger partial charge in [0.05, 0.1) is 6.61 Å². The van der Waals surface area contributed by atoms with E-state index in [2.05, 4.69) is 10.1 Å². The molecule has 0 saturated carbocycles. The number of hydrogen-bond acceptors (Lipinski definition) is 5. The summed E-state index contributed by atoms with van der Waals surface area (Å²) in [5.41, 5.74) is 0.431. The van der Waals surface area contributed by atoms with Crippen LogP contribution in [0, 0.1) is 5.82 Å². The fourth-order valence-corrected chi connectivity index (χ4v) is 2.00. The molecule has 0 spiro atoms. The van der Waals surface area contributed by atoms with E-state index in [1.54, 1.807) is 13.0 Å². The zero-order valence-corrected chi connectivity index (χ0v) is 12.0. The van der Waals surface area contributed by atoms with Crippen molar-refractivity contribution in [2.24, 2.45) is 0 Å². The Bertz CT molecular complexity index is 612. The minimum absolute atomic E-state index is 0.127. The average molecular weight is 292 g/mol. The van der Waals surface area contributed by atoms with Crippen LogP contribution in [0.1, 0.15) is 43.5 Å². The Hall–Kier alpha value is -2.24. The number of hydrogen-bond donors (Lipinski definition) is 0. The van der Waals surface area contributed by atoms with Crippen LogP contribution >= 0.6 is 0 Å². The van der Waals surface area contributed by atoms with Crippen molar-refractivity contribution in [2.45, 2.75) is 32.6 Å². The molecule has 6 heteroatoms. The van der Waals surface area contributed by atoms with Gasteiger partial charge in [0.15, 0.2) is 11.7 Å². The molecule has 2 aromatic rings. The zero-order chi connectivity index (χ0) is 15.2. The van der Waals surface area contributed by atoms with Gasteiger partial charge in [-0.25, -0.2) is 4.39 Å². The van der Waals surface area contributed by atoms with Crippen molar-refractivity contribution in [2.75, 3.05) is 6.61 Å². The van der Waals surface area contributed by atoms with Gasteiger partial charge in [-0.3, -0.25) is 4.79 Å². The molecular formula is C15H17FN2O3. The number of carbonyl (C=O) groups excluding carboxylic acids is 1. The predicted molar refractivity (Wildman–Crippen MR) is 73.2 cm³/mol. The van der Waals surface area contributed by atoms with Gasteiger partial charge < -0.3 is 9.26 Å². The molecule has 0 bridgehead atoms. The van der Waals surface area contributed by atoms with Crippen LogP contribution < -0.4 is 0 Å². The summed E-state index contributed by atoms with van der Waals surface area (Å²) in [6.07, 6.45) is 1.52. The summed E-state index contributed by atoms with van der Waals surface area (Å²) in [5.74, 6) is -1.22. The van der Waals surface area contributed by atoms with Crippen molar-refractivity contribution in [1.29, 1.82) is 0 Å². The molecular weight excluding hydrogens is 275 g/mol. The monoisotopic (exact) mass is 292 g/mol. The molecule has 1 atom stereocenters. The lowest BCUT2D eigenvalue weighted by Gasteiger charge is -2.12. The third kappa shape index (κ3) is 3.65. The van der Waals surface area contributed by atoms with E-state index in [1.165, 1.54) is 18.2 Å². The van der Waals surface area contributed by atoms with Crippen molar-refractivity contribution in [3.8, 4) is 0 Å². The quantitative estimate of drug-likeness (QED) is 0.766. The standard InChI is InChI=1S/C15H17FN2O3/c1-3-6-12-17-14(21-18-12)13(15(19)20-4-2)10-7-5-8-11(16)9-10/h5,7-9,13H,3-4,6H2,1-2H3. The van der Waals surface area contributed by atoms with Gasteiger partial charge >= 0.3 is 5.97 Å². The topological polar surface area (TPSA) is 65.2 Å². The van der Waals surface area contributed by atoms with E-state index >= 15 is 0 Å². The summed E-state index contributed by atoms with van der Waals surface area (Å²) in [6, 6.07) is 5.74. The van der Waals surface area contributed by atoms with E-state index in [0.717, 1.165) is 6.42 Å². The Morgan fingerprint density at radius 2 is 2.24 bits per heavy atom. The molecule has 0 saturated heterocycles. The van der Waals surface area contributed by atoms with Crippen molar-refractivity contribution >= 4 is 5.97 Å². The summed E-state index contributed by atoms with van der Waals surface area (Å²) in [6.45, 7) is 3.92. The molecule has 112 valence electrons. The summed E-state index contributed by atoms with van der Waals surface area (Å²) in [5, 5.41) is 3.83. The number of aryl methyl sites for hydroxylation is 1. The molecule has 0 aliphatic heterocycles. The van der Waals surface area contributed by atoms with Gasteiger partial charge in [-0.05, 0) is 31.0 Å². The molecule has 1 heterocycles. The SMILES string of the molecule is CCCc1noc(C(C(=O)OCC)c2cccc(F)c2)n1. The highest BCUT2D eigenvalue weighted by atomic mass is 19.1. The lowest BCUT2D eigenvalue weighted by Crippen LogP contribution is -2.18. The summed E-state index contributed by atoms with van der Waals surface area (Å²) >= 11 is 0. The van der Waals surface area contributed by atoms with E-state index < -0.39 is 17.7 Å². The van der Waals surface area contributed by atoms with Crippen LogP contribution in [0.2, 0.25) is 0 Å². The first-order valence-electron chi connectivity index (χ1n) is 6.90. The smallest absolute Gasteiger partial charge is 0.323 e. The van der Waals surface area contributed by atoms with Gasteiger partial charge in [0, 0.05) is 6.42 Å². The van der Waals surface area contributed by atoms with Crippen LogP contribution in [-0.4, -0.2) is 22.7 Å². The van der Waals surface area contributed by atoms with E-state index in [4.69, 9.17) is 9.26 Å². The normalized spacial score (nSPS) is 12.1. The lowest BCUT2D eigenvalue weighted by molar-refractivity contribution is -0.144. The first-order chi connectivity index (χ1) is 10.2. The second kappa shape index (κ2) is 6.97. The van der Waals surface area contributed by atoms with Crippen LogP contribution in [0.3, 0.4) is 0 Å². The van der Waals surface area contributed by atoms with Crippen LogP contribution in [0.25, 0.3) is 0 Å². The lowest BCUT2D eigenvalue weighted by atomic mass is 9.99. The number of esters is 1. The Kier molecular flexibility index (Phi) is 5.03. The molecule has 2 rings (SSSR count). The number of aromatic nitrogens is 2. The number of benzene rings is 1. The van der Waals surface area contributed by atoms with Crippen molar-refractivity contribution in [3.05, 3.63) is 47.4 Å². The number of ether oxygens (including phenoxy) is 1. The fourth-order valence-electron chi connectivity index (χ4n) is 2.00. The molecule has 0 amide bonds. The van der Waals surface area contributed by atoms with Crippen LogP contribution in [0.4, 0.5) is 4.39 Å². The average Bonchev–Trinajstić information content (AvgIpc) is 2.88. The Labute approximate surface area is 122 Å². The Morgan fingerprint density at radius 1 is 1.43 bits per heavy atom. The predicted octanol–water partition coefficient (Wildman–Crippen LogP) is 2.86. The molecule has 0 fully saturated rings. The van der Waals surface area contributed by atoms with E-state index in [-0.39, 0.29) is 12.5 Å². The molecule has 1 aromatic carbocycles. The summed E-state index contributed by atoms with van der Waals surface area (Å²) in [4.78, 5) is 16.4. The number of carbonyl (C=O) groups is 1. The maximum absolute atomic E-state index is 13.4. The van der Waals surface area contributed by atoms with Gasteiger partial charge in [-0.1, -0.05) is 24.2 Å². The highest BCUT2D eigenvalue weighted by molar-refractivity contribution is 5.80. The minimum atomic E-state index is -0.904. The molecule has 21 heavy (non-hydrogen) atoms. The molecule has 5 nitrogen and oxygen atoms in total. The summed E-state index contributed by atoms with van der Waals surface area (Å²) in [7, 11) is 0. The molecule has 1 unspecified atom stereocenters. The van der Waals surface area contributed by atoms with Crippen LogP contribution in [-0.2, 0) is 16.0 Å². The molecule has 1 aromatic heterocycles. The van der Waals surface area contributed by atoms with E-state index in [1.807, 2.05) is 6.92 Å². The van der Waals surface area contributed by atoms with Gasteiger partial charge in [-0.15, -0.1) is 0 Å². The van der Waals surface area contributed by atoms with Crippen molar-refractivity contribution < 1.29 is 18.4 Å². The minimum Gasteiger partial charge on any atom is -0.465 e. The van der Waals surface area contributed by atoms with Gasteiger partial charge in [0.1, 0.15) is 5.82 Å². The molecule has 0 aliphatic carbocycles. The van der Waals surface area contributed by atoms with E-state index in [9.17, 15) is 9.18 Å². The number of halogens is 1. The third-order valence-electron chi connectivity index (χ3n) is 2.91. The first-order valence-corrected chi connectivity index (χ1v) is 6.90. The molecule has 0 aliphatic rings. The summed E-state index contributed by atoms with van der Waals surface area (Å²) < 4.78 is 23.6. The third-order valence-corrected chi connectivity index (χ3v) is 2.91. The second-order valence-corrected chi connectivity index (χ2v) is 4.54. The van der Waals surface area contributed by atoms with Gasteiger partial charge in [-0.2, -0.15) is 4.98 Å².